The van der Waals surface area contributed by atoms with Crippen molar-refractivity contribution < 1.29 is 0 Å². The summed E-state index contributed by atoms with van der Waals surface area (Å²) in [7, 11) is 0. The Bertz CT molecular complexity index is 324. The fraction of sp³-hybridized carbons (Fsp3) is 0. The van der Waals surface area contributed by atoms with Crippen molar-refractivity contribution in [1.82, 2.24) is 9.97 Å². The highest BCUT2D eigenvalue weighted by Crippen LogP contribution is 2.20. The molecule has 10 heavy (non-hydrogen) atoms. The second-order valence-electron chi connectivity index (χ2n) is 1.79. The van der Waals surface area contributed by atoms with Gasteiger partial charge in [-0.2, -0.15) is 0 Å². The zero-order chi connectivity index (χ0) is 6.97. The lowest BCUT2D eigenvalue weighted by molar-refractivity contribution is 1.31. The molecule has 0 saturated heterocycles. The molecule has 0 radical (unpaired) electrons. The molecule has 50 valence electrons. The van der Waals surface area contributed by atoms with Crippen molar-refractivity contribution in [2.24, 2.45) is 0 Å². The van der Waals surface area contributed by atoms with Crippen LogP contribution in [0.3, 0.4) is 0 Å². The number of nitrogens with zero attached hydrogens (tertiary/aromatic N) is 2. The van der Waals surface area contributed by atoms with Crippen LogP contribution in [0.25, 0.3) is 10.3 Å². The summed E-state index contributed by atoms with van der Waals surface area (Å²) in [5.74, 6) is 0. The van der Waals surface area contributed by atoms with Crippen LogP contribution in [-0.4, -0.2) is 9.97 Å². The minimum atomic E-state index is 0.858. The molecule has 0 unspecified atom stereocenters. The van der Waals surface area contributed by atoms with Crippen molar-refractivity contribution in [2.45, 2.75) is 0 Å². The first-order chi connectivity index (χ1) is 4.86. The topological polar surface area (TPSA) is 25.8 Å². The molecule has 2 aromatic heterocycles. The van der Waals surface area contributed by atoms with E-state index in [1.807, 2.05) is 12.1 Å². The lowest BCUT2D eigenvalue weighted by Crippen LogP contribution is -1.71. The summed E-state index contributed by atoms with van der Waals surface area (Å²) in [4.78, 5) is 8.30. The highest BCUT2D eigenvalue weighted by atomic mass is 127. The number of rotatable bonds is 0. The fourth-order valence-corrected chi connectivity index (χ4v) is 2.33. The molecule has 4 heteroatoms. The van der Waals surface area contributed by atoms with Crippen LogP contribution in [0.2, 0.25) is 0 Å². The summed E-state index contributed by atoms with van der Waals surface area (Å²) < 4.78 is 2.21. The van der Waals surface area contributed by atoms with Gasteiger partial charge in [0.05, 0.1) is 4.70 Å². The summed E-state index contributed by atoms with van der Waals surface area (Å²) in [6.07, 6.45) is 1.76. The van der Waals surface area contributed by atoms with E-state index < -0.39 is 0 Å². The Labute approximate surface area is 75.5 Å². The molecule has 0 aliphatic heterocycles. The van der Waals surface area contributed by atoms with Crippen LogP contribution in [0.5, 0.6) is 0 Å². The van der Waals surface area contributed by atoms with E-state index in [0.717, 1.165) is 13.4 Å². The van der Waals surface area contributed by atoms with Gasteiger partial charge in [0.1, 0.15) is 0 Å². The molecule has 0 saturated carbocycles. The van der Waals surface area contributed by atoms with Crippen LogP contribution in [-0.2, 0) is 0 Å². The third kappa shape index (κ3) is 1.01. The second kappa shape index (κ2) is 2.43. The molecule has 0 aliphatic rings. The lowest BCUT2D eigenvalue weighted by Gasteiger charge is -1.79. The van der Waals surface area contributed by atoms with Gasteiger partial charge in [0.15, 0.2) is 8.66 Å². The zero-order valence-corrected chi connectivity index (χ0v) is 7.89. The van der Waals surface area contributed by atoms with E-state index in [0.29, 0.717) is 0 Å². The van der Waals surface area contributed by atoms with Gasteiger partial charge in [0.25, 0.3) is 0 Å². The van der Waals surface area contributed by atoms with E-state index >= 15 is 0 Å². The summed E-state index contributed by atoms with van der Waals surface area (Å²) in [5.41, 5.74) is 0.858. The lowest BCUT2D eigenvalue weighted by atomic mass is 10.5. The Balaban J connectivity index is 2.88. The molecule has 0 aliphatic carbocycles. The van der Waals surface area contributed by atoms with Crippen LogP contribution < -0.4 is 0 Å². The summed E-state index contributed by atoms with van der Waals surface area (Å²) in [5, 5.41) is 0. The van der Waals surface area contributed by atoms with Gasteiger partial charge in [0, 0.05) is 6.20 Å². The smallest absolute Gasteiger partial charge is 0.171 e. The van der Waals surface area contributed by atoms with E-state index in [4.69, 9.17) is 0 Å². The first-order valence-electron chi connectivity index (χ1n) is 2.73. The molecule has 2 heterocycles. The van der Waals surface area contributed by atoms with E-state index in [-0.39, 0.29) is 0 Å². The van der Waals surface area contributed by atoms with Gasteiger partial charge in [-0.25, -0.2) is 9.97 Å². The molecule has 0 aromatic carbocycles. The van der Waals surface area contributed by atoms with Gasteiger partial charge in [-0.3, -0.25) is 0 Å². The van der Waals surface area contributed by atoms with Gasteiger partial charge < -0.3 is 0 Å². The van der Waals surface area contributed by atoms with Crippen molar-refractivity contribution in [2.75, 3.05) is 0 Å². The van der Waals surface area contributed by atoms with Gasteiger partial charge in [-0.15, -0.1) is 11.3 Å². The van der Waals surface area contributed by atoms with Crippen molar-refractivity contribution in [3.05, 3.63) is 21.3 Å². The largest absolute Gasteiger partial charge is 0.236 e. The van der Waals surface area contributed by atoms with Crippen molar-refractivity contribution in [3.8, 4) is 0 Å². The third-order valence-corrected chi connectivity index (χ3v) is 2.84. The van der Waals surface area contributed by atoms with Gasteiger partial charge in [-0.1, -0.05) is 0 Å². The first kappa shape index (κ1) is 6.48. The van der Waals surface area contributed by atoms with Crippen molar-refractivity contribution in [1.29, 1.82) is 0 Å². The highest BCUT2D eigenvalue weighted by Gasteiger charge is 1.98. The predicted molar refractivity (Wildman–Crippen MR) is 50.1 cm³/mol. The van der Waals surface area contributed by atoms with Crippen LogP contribution >= 0.6 is 33.9 Å². The van der Waals surface area contributed by atoms with E-state index in [1.54, 1.807) is 17.5 Å². The zero-order valence-electron chi connectivity index (χ0n) is 4.91. The molecule has 0 spiro atoms. The number of hydrogen-bond donors (Lipinski definition) is 0. The molecule has 2 aromatic rings. The van der Waals surface area contributed by atoms with E-state index in [1.165, 1.54) is 0 Å². The van der Waals surface area contributed by atoms with Crippen molar-refractivity contribution in [3.63, 3.8) is 0 Å². The Morgan fingerprint density at radius 3 is 3.20 bits per heavy atom. The Morgan fingerprint density at radius 2 is 2.40 bits per heavy atom. The number of aromatic nitrogens is 2. The number of pyridine rings is 1. The van der Waals surface area contributed by atoms with Crippen LogP contribution in [0, 0.1) is 3.01 Å². The minimum Gasteiger partial charge on any atom is -0.236 e. The Hall–Kier alpha value is -0.230. The average Bonchev–Trinajstić information content (AvgIpc) is 2.27. The molecule has 2 nitrogen and oxygen atoms in total. The SMILES string of the molecule is Ic1nc2ncccc2s1. The standard InChI is InChI=1S/C6H3IN2S/c7-6-9-5-4(10-6)2-1-3-8-5/h1-3H. The monoisotopic (exact) mass is 262 g/mol. The van der Waals surface area contributed by atoms with Gasteiger partial charge >= 0.3 is 0 Å². The highest BCUT2D eigenvalue weighted by molar-refractivity contribution is 14.1. The minimum absolute atomic E-state index is 0.858. The number of fused-ring (bicyclic) bond motifs is 1. The number of halogens is 1. The molecule has 0 atom stereocenters. The maximum Gasteiger partial charge on any atom is 0.171 e. The number of thiazole rings is 1. The molecular formula is C6H3IN2S. The number of hydrogen-bond acceptors (Lipinski definition) is 3. The second-order valence-corrected chi connectivity index (χ2v) is 4.58. The van der Waals surface area contributed by atoms with Gasteiger partial charge in [-0.05, 0) is 34.7 Å². The van der Waals surface area contributed by atoms with E-state index in [2.05, 4.69) is 32.6 Å². The summed E-state index contributed by atoms with van der Waals surface area (Å²) in [6, 6.07) is 3.96. The normalized spacial score (nSPS) is 10.5. The average molecular weight is 262 g/mol. The Morgan fingerprint density at radius 1 is 1.50 bits per heavy atom. The molecule has 2 rings (SSSR count). The van der Waals surface area contributed by atoms with Gasteiger partial charge in [0.2, 0.25) is 0 Å². The summed E-state index contributed by atoms with van der Waals surface area (Å²) >= 11 is 3.87. The predicted octanol–water partition coefficient (Wildman–Crippen LogP) is 2.30. The third-order valence-electron chi connectivity index (χ3n) is 1.14. The molecular weight excluding hydrogens is 259 g/mol. The van der Waals surface area contributed by atoms with Crippen LogP contribution in [0.15, 0.2) is 18.3 Å². The van der Waals surface area contributed by atoms with Crippen LogP contribution in [0.1, 0.15) is 0 Å². The molecule has 0 fully saturated rings. The van der Waals surface area contributed by atoms with E-state index in [9.17, 15) is 0 Å². The fourth-order valence-electron chi connectivity index (χ4n) is 0.743. The molecule has 0 N–H and O–H groups in total. The Kier molecular flexibility index (Phi) is 1.57. The molecule has 0 bridgehead atoms. The van der Waals surface area contributed by atoms with Crippen molar-refractivity contribution >= 4 is 44.3 Å². The molecule has 0 amide bonds. The van der Waals surface area contributed by atoms with Crippen LogP contribution in [0.4, 0.5) is 0 Å². The first-order valence-corrected chi connectivity index (χ1v) is 4.63. The maximum atomic E-state index is 4.21. The quantitative estimate of drug-likeness (QED) is 0.681. The maximum absolute atomic E-state index is 4.21. The summed E-state index contributed by atoms with van der Waals surface area (Å²) in [6.45, 7) is 0.